The van der Waals surface area contributed by atoms with Gasteiger partial charge in [0.05, 0.1) is 13.2 Å². The number of amides is 1. The van der Waals surface area contributed by atoms with Gasteiger partial charge in [-0.05, 0) is 54.4 Å². The Balaban J connectivity index is 1.41. The molecule has 1 aliphatic rings. The number of hydrogen-bond donors (Lipinski definition) is 1. The Labute approximate surface area is 175 Å². The Morgan fingerprint density at radius 1 is 1.10 bits per heavy atom. The van der Waals surface area contributed by atoms with Gasteiger partial charge in [0.2, 0.25) is 0 Å². The van der Waals surface area contributed by atoms with Crippen LogP contribution in [0.15, 0.2) is 60.9 Å². The lowest BCUT2D eigenvalue weighted by Crippen LogP contribution is -2.35. The summed E-state index contributed by atoms with van der Waals surface area (Å²) < 4.78 is 11.0. The number of ether oxygens (including phenoxy) is 2. The van der Waals surface area contributed by atoms with Crippen molar-refractivity contribution < 1.29 is 14.3 Å². The average molecular weight is 404 g/mol. The maximum Gasteiger partial charge on any atom is 0.321 e. The van der Waals surface area contributed by atoms with Crippen LogP contribution in [0.4, 0.5) is 5.69 Å². The molecule has 0 radical (unpaired) electrons. The topological polar surface area (TPSA) is 76.6 Å². The zero-order valence-electron chi connectivity index (χ0n) is 16.9. The van der Waals surface area contributed by atoms with Crippen LogP contribution < -0.4 is 10.1 Å². The van der Waals surface area contributed by atoms with Crippen molar-refractivity contribution in [3.8, 4) is 11.8 Å². The first-order chi connectivity index (χ1) is 14.7. The van der Waals surface area contributed by atoms with Crippen molar-refractivity contribution in [3.05, 3.63) is 77.6 Å². The Bertz CT molecular complexity index is 1000. The molecule has 1 N–H and O–H groups in total. The van der Waals surface area contributed by atoms with Crippen LogP contribution in [0.1, 0.15) is 21.5 Å². The Morgan fingerprint density at radius 3 is 2.67 bits per heavy atom. The van der Waals surface area contributed by atoms with Gasteiger partial charge in [0, 0.05) is 43.3 Å². The molecule has 1 aromatic heterocycles. The fraction of sp³-hybridized carbons (Fsp3) is 0.261. The SMILES string of the molecule is Cc1cc(Oc2ncccn2)ccc1NC(=O)c1cccc(CN2CCOCC2)c1. The van der Waals surface area contributed by atoms with Crippen molar-refractivity contribution >= 4 is 11.6 Å². The highest BCUT2D eigenvalue weighted by Crippen LogP contribution is 2.24. The van der Waals surface area contributed by atoms with Gasteiger partial charge in [-0.15, -0.1) is 0 Å². The van der Waals surface area contributed by atoms with E-state index in [2.05, 4.69) is 26.3 Å². The predicted molar refractivity (Wildman–Crippen MR) is 114 cm³/mol. The van der Waals surface area contributed by atoms with E-state index >= 15 is 0 Å². The van der Waals surface area contributed by atoms with Crippen LogP contribution in [0.3, 0.4) is 0 Å². The first-order valence-electron chi connectivity index (χ1n) is 9.93. The third kappa shape index (κ3) is 5.20. The van der Waals surface area contributed by atoms with Gasteiger partial charge in [0.15, 0.2) is 0 Å². The minimum Gasteiger partial charge on any atom is -0.424 e. The molecule has 2 aromatic carbocycles. The van der Waals surface area contributed by atoms with E-state index in [9.17, 15) is 4.79 Å². The normalized spacial score (nSPS) is 14.3. The van der Waals surface area contributed by atoms with Gasteiger partial charge in [0.1, 0.15) is 5.75 Å². The number of nitrogens with zero attached hydrogens (tertiary/aromatic N) is 3. The van der Waals surface area contributed by atoms with Gasteiger partial charge in [-0.25, -0.2) is 9.97 Å². The van der Waals surface area contributed by atoms with Crippen LogP contribution in [0.5, 0.6) is 11.8 Å². The summed E-state index contributed by atoms with van der Waals surface area (Å²) >= 11 is 0. The molecule has 4 rings (SSSR count). The first kappa shape index (κ1) is 20.0. The standard InChI is InChI=1S/C23H24N4O3/c1-17-14-20(30-23-24-8-3-9-25-23)6-7-21(17)26-22(28)19-5-2-4-18(15-19)16-27-10-12-29-13-11-27/h2-9,14-15H,10-13,16H2,1H3,(H,26,28). The van der Waals surface area contributed by atoms with Crippen molar-refractivity contribution in [1.82, 2.24) is 14.9 Å². The molecule has 1 fully saturated rings. The number of rotatable bonds is 6. The lowest BCUT2D eigenvalue weighted by atomic mass is 10.1. The molecular formula is C23H24N4O3. The molecule has 30 heavy (non-hydrogen) atoms. The highest BCUT2D eigenvalue weighted by atomic mass is 16.5. The van der Waals surface area contributed by atoms with Gasteiger partial charge >= 0.3 is 6.01 Å². The third-order valence-corrected chi connectivity index (χ3v) is 4.90. The number of benzene rings is 2. The number of morpholine rings is 1. The van der Waals surface area contributed by atoms with Crippen molar-refractivity contribution in [3.63, 3.8) is 0 Å². The molecule has 0 spiro atoms. The second-order valence-corrected chi connectivity index (χ2v) is 7.15. The van der Waals surface area contributed by atoms with E-state index in [1.807, 2.05) is 37.3 Å². The monoisotopic (exact) mass is 404 g/mol. The molecule has 7 heteroatoms. The van der Waals surface area contributed by atoms with E-state index in [1.54, 1.807) is 24.5 Å². The Morgan fingerprint density at radius 2 is 1.90 bits per heavy atom. The summed E-state index contributed by atoms with van der Waals surface area (Å²) in [4.78, 5) is 23.2. The number of hydrogen-bond acceptors (Lipinski definition) is 6. The summed E-state index contributed by atoms with van der Waals surface area (Å²) in [6, 6.07) is 15.2. The lowest BCUT2D eigenvalue weighted by molar-refractivity contribution is 0.0342. The second-order valence-electron chi connectivity index (χ2n) is 7.15. The van der Waals surface area contributed by atoms with Crippen LogP contribution in [0.25, 0.3) is 0 Å². The molecule has 7 nitrogen and oxygen atoms in total. The van der Waals surface area contributed by atoms with Crippen LogP contribution in [0, 0.1) is 6.92 Å². The Kier molecular flexibility index (Phi) is 6.32. The molecule has 1 aliphatic heterocycles. The van der Waals surface area contributed by atoms with Gasteiger partial charge in [0.25, 0.3) is 5.91 Å². The minimum absolute atomic E-state index is 0.137. The van der Waals surface area contributed by atoms with Crippen LogP contribution in [0.2, 0.25) is 0 Å². The highest BCUT2D eigenvalue weighted by Gasteiger charge is 2.13. The smallest absolute Gasteiger partial charge is 0.321 e. The van der Waals surface area contributed by atoms with Crippen LogP contribution in [-0.2, 0) is 11.3 Å². The quantitative estimate of drug-likeness (QED) is 0.676. The molecule has 1 saturated heterocycles. The molecular weight excluding hydrogens is 380 g/mol. The number of aryl methyl sites for hydroxylation is 1. The zero-order valence-corrected chi connectivity index (χ0v) is 16.9. The third-order valence-electron chi connectivity index (χ3n) is 4.90. The summed E-state index contributed by atoms with van der Waals surface area (Å²) in [7, 11) is 0. The lowest BCUT2D eigenvalue weighted by Gasteiger charge is -2.26. The number of carbonyl (C=O) groups excluding carboxylic acids is 1. The van der Waals surface area contributed by atoms with Crippen molar-refractivity contribution in [2.75, 3.05) is 31.6 Å². The van der Waals surface area contributed by atoms with E-state index in [4.69, 9.17) is 9.47 Å². The van der Waals surface area contributed by atoms with Gasteiger partial charge in [-0.2, -0.15) is 0 Å². The summed E-state index contributed by atoms with van der Waals surface area (Å²) in [6.45, 7) is 6.08. The first-order valence-corrected chi connectivity index (χ1v) is 9.93. The average Bonchev–Trinajstić information content (AvgIpc) is 2.77. The number of nitrogens with one attached hydrogen (secondary N) is 1. The molecule has 0 aliphatic carbocycles. The van der Waals surface area contributed by atoms with E-state index < -0.39 is 0 Å². The van der Waals surface area contributed by atoms with E-state index in [1.165, 1.54) is 0 Å². The maximum absolute atomic E-state index is 12.8. The Hall–Kier alpha value is -3.29. The number of carbonyl (C=O) groups is 1. The molecule has 0 saturated carbocycles. The second kappa shape index (κ2) is 9.47. The fourth-order valence-electron chi connectivity index (χ4n) is 3.31. The zero-order chi connectivity index (χ0) is 20.8. The summed E-state index contributed by atoms with van der Waals surface area (Å²) in [6.07, 6.45) is 3.24. The summed E-state index contributed by atoms with van der Waals surface area (Å²) in [5.41, 5.74) is 3.38. The van der Waals surface area contributed by atoms with E-state index in [0.29, 0.717) is 11.3 Å². The highest BCUT2D eigenvalue weighted by molar-refractivity contribution is 6.04. The summed E-state index contributed by atoms with van der Waals surface area (Å²) in [5, 5.41) is 2.99. The summed E-state index contributed by atoms with van der Waals surface area (Å²) in [5.74, 6) is 0.478. The van der Waals surface area contributed by atoms with Crippen molar-refractivity contribution in [2.24, 2.45) is 0 Å². The van der Waals surface area contributed by atoms with Crippen molar-refractivity contribution in [1.29, 1.82) is 0 Å². The van der Waals surface area contributed by atoms with Gasteiger partial charge in [-0.3, -0.25) is 9.69 Å². The molecule has 1 amide bonds. The molecule has 154 valence electrons. The van der Waals surface area contributed by atoms with E-state index in [0.717, 1.165) is 49.7 Å². The molecule has 0 unspecified atom stereocenters. The van der Waals surface area contributed by atoms with Gasteiger partial charge in [-0.1, -0.05) is 12.1 Å². The maximum atomic E-state index is 12.8. The van der Waals surface area contributed by atoms with Crippen LogP contribution >= 0.6 is 0 Å². The minimum atomic E-state index is -0.137. The molecule has 0 atom stereocenters. The number of aromatic nitrogens is 2. The fourth-order valence-corrected chi connectivity index (χ4v) is 3.31. The predicted octanol–water partition coefficient (Wildman–Crippen LogP) is 3.66. The number of anilines is 1. The molecule has 3 aromatic rings. The molecule has 0 bridgehead atoms. The van der Waals surface area contributed by atoms with Crippen LogP contribution in [-0.4, -0.2) is 47.1 Å². The van der Waals surface area contributed by atoms with Crippen molar-refractivity contribution in [2.45, 2.75) is 13.5 Å². The molecule has 2 heterocycles. The largest absolute Gasteiger partial charge is 0.424 e. The van der Waals surface area contributed by atoms with Gasteiger partial charge < -0.3 is 14.8 Å². The van der Waals surface area contributed by atoms with E-state index in [-0.39, 0.29) is 11.9 Å².